The van der Waals surface area contributed by atoms with Gasteiger partial charge in [-0.25, -0.2) is 4.79 Å². The molecule has 0 radical (unpaired) electrons. The molecule has 1 aliphatic carbocycles. The van der Waals surface area contributed by atoms with Crippen molar-refractivity contribution in [1.29, 1.82) is 0 Å². The van der Waals surface area contributed by atoms with Gasteiger partial charge in [0.05, 0.1) is 7.11 Å². The van der Waals surface area contributed by atoms with E-state index in [2.05, 4.69) is 32.9 Å². The van der Waals surface area contributed by atoms with Crippen molar-refractivity contribution in [2.24, 2.45) is 11.3 Å². The fourth-order valence-corrected chi connectivity index (χ4v) is 6.60. The zero-order valence-electron chi connectivity index (χ0n) is 25.8. The first-order chi connectivity index (χ1) is 21.0. The molecule has 5 rings (SSSR count). The summed E-state index contributed by atoms with van der Waals surface area (Å²) in [5.74, 6) is 3.42. The van der Waals surface area contributed by atoms with E-state index in [1.807, 2.05) is 60.7 Å². The Balaban J connectivity index is 1.27. The van der Waals surface area contributed by atoms with E-state index in [9.17, 15) is 9.59 Å². The van der Waals surface area contributed by atoms with E-state index in [0.717, 1.165) is 30.6 Å². The second-order valence-electron chi connectivity index (χ2n) is 12.3. The predicted octanol–water partition coefficient (Wildman–Crippen LogP) is 9.12. The van der Waals surface area contributed by atoms with E-state index >= 15 is 0 Å². The topological polar surface area (TPSA) is 80.3 Å². The van der Waals surface area contributed by atoms with Crippen LogP contribution in [0.1, 0.15) is 58.1 Å². The second-order valence-corrected chi connectivity index (χ2v) is 12.3. The first-order valence-electron chi connectivity index (χ1n) is 14.7. The molecule has 0 aliphatic heterocycles. The van der Waals surface area contributed by atoms with Crippen molar-refractivity contribution in [2.75, 3.05) is 7.11 Å². The number of esters is 1. The number of ether oxygens (including phenoxy) is 5. The molecule has 7 heteroatoms. The molecule has 0 amide bonds. The average molecular weight is 595 g/mol. The molecule has 2 atom stereocenters. The first-order valence-corrected chi connectivity index (χ1v) is 14.7. The summed E-state index contributed by atoms with van der Waals surface area (Å²) in [6.45, 7) is 8.33. The van der Waals surface area contributed by atoms with Crippen LogP contribution in [0, 0.1) is 11.3 Å². The van der Waals surface area contributed by atoms with Gasteiger partial charge in [0.25, 0.3) is 0 Å². The van der Waals surface area contributed by atoms with Crippen LogP contribution in [0.15, 0.2) is 97.1 Å². The molecule has 4 aromatic rings. The maximum absolute atomic E-state index is 12.6. The zero-order valence-corrected chi connectivity index (χ0v) is 25.8. The smallest absolute Gasteiger partial charge is 0.497 e. The van der Waals surface area contributed by atoms with Crippen LogP contribution >= 0.6 is 0 Å². The minimum Gasteiger partial charge on any atom is -0.497 e. The highest BCUT2D eigenvalue weighted by molar-refractivity contribution is 5.69. The molecule has 1 fully saturated rings. The second kappa shape index (κ2) is 12.8. The van der Waals surface area contributed by atoms with Crippen LogP contribution in [0.2, 0.25) is 0 Å². The lowest BCUT2D eigenvalue weighted by molar-refractivity contribution is -0.131. The van der Waals surface area contributed by atoms with Crippen molar-refractivity contribution in [2.45, 2.75) is 52.4 Å². The van der Waals surface area contributed by atoms with Crippen LogP contribution in [-0.2, 0) is 10.2 Å². The molecule has 2 unspecified atom stereocenters. The third-order valence-corrected chi connectivity index (χ3v) is 7.97. The number of hydrogen-bond acceptors (Lipinski definition) is 7. The molecule has 7 nitrogen and oxygen atoms in total. The van der Waals surface area contributed by atoms with Crippen LogP contribution < -0.4 is 23.7 Å². The standard InChI is InChI=1S/C37H38O7/c1-25-22-36(3,4)24-37(23-25,27-6-10-30(11-7-27)41-26(2)38)28-8-12-33(13-9-28)43-35(39)44-34-20-18-32(19-21-34)42-31-16-14-29(40-5)15-17-31/h6-21,25H,22-24H2,1-5H3. The van der Waals surface area contributed by atoms with Crippen molar-refractivity contribution < 1.29 is 33.3 Å². The van der Waals surface area contributed by atoms with Gasteiger partial charge in [-0.1, -0.05) is 45.0 Å². The van der Waals surface area contributed by atoms with Gasteiger partial charge in [0, 0.05) is 12.3 Å². The Morgan fingerprint density at radius 2 is 1.02 bits per heavy atom. The highest BCUT2D eigenvalue weighted by Gasteiger charge is 2.45. The zero-order chi connectivity index (χ0) is 31.3. The quantitative estimate of drug-likeness (QED) is 0.114. The molecular formula is C37H38O7. The van der Waals surface area contributed by atoms with Crippen LogP contribution in [0.5, 0.6) is 34.5 Å². The van der Waals surface area contributed by atoms with Crippen LogP contribution in [0.3, 0.4) is 0 Å². The number of hydrogen-bond donors (Lipinski definition) is 0. The lowest BCUT2D eigenvalue weighted by Crippen LogP contribution is -2.41. The third kappa shape index (κ3) is 7.40. The van der Waals surface area contributed by atoms with Crippen LogP contribution in [0.25, 0.3) is 0 Å². The lowest BCUT2D eigenvalue weighted by atomic mass is 9.55. The van der Waals surface area contributed by atoms with E-state index in [4.69, 9.17) is 23.7 Å². The van der Waals surface area contributed by atoms with E-state index in [0.29, 0.717) is 34.7 Å². The highest BCUT2D eigenvalue weighted by Crippen LogP contribution is 2.53. The largest absolute Gasteiger partial charge is 0.519 e. The van der Waals surface area contributed by atoms with Gasteiger partial charge in [-0.05, 0) is 115 Å². The van der Waals surface area contributed by atoms with Crippen molar-refractivity contribution >= 4 is 12.1 Å². The van der Waals surface area contributed by atoms with Gasteiger partial charge in [0.1, 0.15) is 34.5 Å². The highest BCUT2D eigenvalue weighted by atomic mass is 16.7. The van der Waals surface area contributed by atoms with Gasteiger partial charge in [-0.3, -0.25) is 4.79 Å². The summed E-state index contributed by atoms with van der Waals surface area (Å²) in [6, 6.07) is 29.5. The van der Waals surface area contributed by atoms with Crippen molar-refractivity contribution in [3.05, 3.63) is 108 Å². The minimum absolute atomic E-state index is 0.125. The number of methoxy groups -OCH3 is 1. The van der Waals surface area contributed by atoms with Crippen molar-refractivity contribution in [3.8, 4) is 34.5 Å². The van der Waals surface area contributed by atoms with Crippen LogP contribution in [-0.4, -0.2) is 19.2 Å². The monoisotopic (exact) mass is 594 g/mol. The lowest BCUT2D eigenvalue weighted by Gasteiger charge is -2.48. The average Bonchev–Trinajstić information content (AvgIpc) is 2.98. The Kier molecular flexibility index (Phi) is 8.95. The fourth-order valence-electron chi connectivity index (χ4n) is 6.60. The Morgan fingerprint density at radius 1 is 0.614 bits per heavy atom. The molecular weight excluding hydrogens is 556 g/mol. The third-order valence-electron chi connectivity index (χ3n) is 7.97. The fraction of sp³-hybridized carbons (Fsp3) is 0.297. The van der Waals surface area contributed by atoms with E-state index in [1.54, 1.807) is 31.4 Å². The van der Waals surface area contributed by atoms with Crippen molar-refractivity contribution in [1.82, 2.24) is 0 Å². The Labute approximate surface area is 258 Å². The molecule has 0 N–H and O–H groups in total. The van der Waals surface area contributed by atoms with E-state index < -0.39 is 6.16 Å². The summed E-state index contributed by atoms with van der Waals surface area (Å²) >= 11 is 0. The molecule has 228 valence electrons. The number of carbonyl (C=O) groups excluding carboxylic acids is 2. The Hall–Kier alpha value is -4.78. The SMILES string of the molecule is COc1ccc(Oc2ccc(OC(=O)Oc3ccc(C4(c5ccc(OC(C)=O)cc5)CC(C)CC(C)(C)C4)cc3)cc2)cc1. The van der Waals surface area contributed by atoms with Crippen molar-refractivity contribution in [3.63, 3.8) is 0 Å². The maximum Gasteiger partial charge on any atom is 0.519 e. The molecule has 0 aromatic heterocycles. The van der Waals surface area contributed by atoms with Gasteiger partial charge in [0.2, 0.25) is 0 Å². The number of rotatable bonds is 8. The van der Waals surface area contributed by atoms with E-state index in [1.165, 1.54) is 12.5 Å². The predicted molar refractivity (Wildman–Crippen MR) is 168 cm³/mol. The summed E-state index contributed by atoms with van der Waals surface area (Å²) in [4.78, 5) is 24.0. The summed E-state index contributed by atoms with van der Waals surface area (Å²) in [6.07, 6.45) is 2.24. The minimum atomic E-state index is -0.829. The molecule has 44 heavy (non-hydrogen) atoms. The maximum atomic E-state index is 12.6. The molecule has 4 aromatic carbocycles. The van der Waals surface area contributed by atoms with Gasteiger partial charge < -0.3 is 23.7 Å². The number of benzene rings is 4. The summed E-state index contributed by atoms with van der Waals surface area (Å²) in [5.41, 5.74) is 2.19. The van der Waals surface area contributed by atoms with Crippen LogP contribution in [0.4, 0.5) is 4.79 Å². The van der Waals surface area contributed by atoms with Gasteiger partial charge >= 0.3 is 12.1 Å². The summed E-state index contributed by atoms with van der Waals surface area (Å²) < 4.78 is 27.2. The summed E-state index contributed by atoms with van der Waals surface area (Å²) in [7, 11) is 1.61. The van der Waals surface area contributed by atoms with E-state index in [-0.39, 0.29) is 16.8 Å². The van der Waals surface area contributed by atoms with Gasteiger partial charge in [-0.2, -0.15) is 0 Å². The Bertz CT molecular complexity index is 1570. The number of carbonyl (C=O) groups is 2. The normalized spacial score (nSPS) is 19.0. The summed E-state index contributed by atoms with van der Waals surface area (Å²) in [5, 5.41) is 0. The first kappa shape index (κ1) is 30.7. The molecule has 0 bridgehead atoms. The van der Waals surface area contributed by atoms with Gasteiger partial charge in [0.15, 0.2) is 0 Å². The molecule has 1 saturated carbocycles. The molecule has 0 saturated heterocycles. The molecule has 0 spiro atoms. The molecule has 1 aliphatic rings. The Morgan fingerprint density at radius 3 is 1.45 bits per heavy atom. The molecule has 0 heterocycles. The van der Waals surface area contributed by atoms with Gasteiger partial charge in [-0.15, -0.1) is 0 Å².